The predicted octanol–water partition coefficient (Wildman–Crippen LogP) is 1.88. The molecular formula is C12H26N2OS. The van der Waals surface area contributed by atoms with Gasteiger partial charge in [-0.15, -0.1) is 0 Å². The fraction of sp³-hybridized carbons (Fsp3) is 0.917. The van der Waals surface area contributed by atoms with Crippen LogP contribution in [0.3, 0.4) is 0 Å². The van der Waals surface area contributed by atoms with Crippen molar-refractivity contribution in [3.05, 3.63) is 0 Å². The van der Waals surface area contributed by atoms with E-state index < -0.39 is 0 Å². The van der Waals surface area contributed by atoms with Crippen LogP contribution in [0.2, 0.25) is 0 Å². The van der Waals surface area contributed by atoms with Gasteiger partial charge in [0.05, 0.1) is 6.04 Å². The SMILES string of the molecule is CSCCCCNC(C)C(=O)NCC(C)C. The predicted molar refractivity (Wildman–Crippen MR) is 72.9 cm³/mol. The van der Waals surface area contributed by atoms with Gasteiger partial charge in [0.2, 0.25) is 5.91 Å². The highest BCUT2D eigenvalue weighted by atomic mass is 32.2. The summed E-state index contributed by atoms with van der Waals surface area (Å²) < 4.78 is 0. The number of amides is 1. The number of rotatable bonds is 9. The van der Waals surface area contributed by atoms with Gasteiger partial charge in [0, 0.05) is 6.54 Å². The molecule has 0 rings (SSSR count). The molecule has 3 nitrogen and oxygen atoms in total. The standard InChI is InChI=1S/C12H26N2OS/c1-10(2)9-14-12(15)11(3)13-7-5-6-8-16-4/h10-11,13H,5-9H2,1-4H3,(H,14,15). The van der Waals surface area contributed by atoms with Gasteiger partial charge in [-0.2, -0.15) is 11.8 Å². The van der Waals surface area contributed by atoms with Gasteiger partial charge in [0.1, 0.15) is 0 Å². The normalized spacial score (nSPS) is 12.8. The van der Waals surface area contributed by atoms with Crippen molar-refractivity contribution in [2.24, 2.45) is 5.92 Å². The number of carbonyl (C=O) groups excluding carboxylic acids is 1. The second-order valence-electron chi connectivity index (χ2n) is 4.51. The molecule has 4 heteroatoms. The lowest BCUT2D eigenvalue weighted by atomic mass is 10.2. The second-order valence-corrected chi connectivity index (χ2v) is 5.50. The molecule has 0 saturated heterocycles. The molecular weight excluding hydrogens is 220 g/mol. The Morgan fingerprint density at radius 2 is 1.94 bits per heavy atom. The van der Waals surface area contributed by atoms with Crippen LogP contribution in [0.15, 0.2) is 0 Å². The van der Waals surface area contributed by atoms with Gasteiger partial charge in [-0.1, -0.05) is 13.8 Å². The van der Waals surface area contributed by atoms with E-state index in [4.69, 9.17) is 0 Å². The highest BCUT2D eigenvalue weighted by molar-refractivity contribution is 7.98. The Morgan fingerprint density at radius 3 is 2.50 bits per heavy atom. The van der Waals surface area contributed by atoms with Crippen molar-refractivity contribution in [3.8, 4) is 0 Å². The van der Waals surface area contributed by atoms with Crippen LogP contribution in [0.5, 0.6) is 0 Å². The maximum Gasteiger partial charge on any atom is 0.236 e. The third-order valence-electron chi connectivity index (χ3n) is 2.30. The molecule has 0 spiro atoms. The molecule has 16 heavy (non-hydrogen) atoms. The van der Waals surface area contributed by atoms with E-state index in [9.17, 15) is 4.79 Å². The lowest BCUT2D eigenvalue weighted by Crippen LogP contribution is -2.43. The topological polar surface area (TPSA) is 41.1 Å². The van der Waals surface area contributed by atoms with E-state index in [1.807, 2.05) is 18.7 Å². The van der Waals surface area contributed by atoms with Gasteiger partial charge in [0.25, 0.3) is 0 Å². The van der Waals surface area contributed by atoms with Crippen LogP contribution < -0.4 is 10.6 Å². The molecule has 0 radical (unpaired) electrons. The van der Waals surface area contributed by atoms with Crippen LogP contribution in [0.25, 0.3) is 0 Å². The largest absolute Gasteiger partial charge is 0.354 e. The van der Waals surface area contributed by atoms with E-state index in [2.05, 4.69) is 30.7 Å². The second kappa shape index (κ2) is 9.97. The minimum atomic E-state index is -0.0759. The van der Waals surface area contributed by atoms with E-state index in [-0.39, 0.29) is 11.9 Å². The molecule has 0 aromatic rings. The van der Waals surface area contributed by atoms with E-state index >= 15 is 0 Å². The van der Waals surface area contributed by atoms with Crippen LogP contribution in [-0.4, -0.2) is 37.0 Å². The van der Waals surface area contributed by atoms with E-state index in [1.54, 1.807) is 0 Å². The van der Waals surface area contributed by atoms with Crippen molar-refractivity contribution >= 4 is 17.7 Å². The molecule has 0 fully saturated rings. The molecule has 0 aromatic carbocycles. The molecule has 96 valence electrons. The summed E-state index contributed by atoms with van der Waals surface area (Å²) in [6, 6.07) is -0.0759. The van der Waals surface area contributed by atoms with Gasteiger partial charge in [-0.3, -0.25) is 4.79 Å². The van der Waals surface area contributed by atoms with E-state index in [0.29, 0.717) is 5.92 Å². The van der Waals surface area contributed by atoms with Gasteiger partial charge in [0.15, 0.2) is 0 Å². The van der Waals surface area contributed by atoms with Crippen molar-refractivity contribution in [2.75, 3.05) is 25.1 Å². The summed E-state index contributed by atoms with van der Waals surface area (Å²) in [6.07, 6.45) is 4.48. The van der Waals surface area contributed by atoms with Gasteiger partial charge in [-0.25, -0.2) is 0 Å². The zero-order chi connectivity index (χ0) is 12.4. The fourth-order valence-corrected chi connectivity index (χ4v) is 1.73. The van der Waals surface area contributed by atoms with Gasteiger partial charge < -0.3 is 10.6 Å². The summed E-state index contributed by atoms with van der Waals surface area (Å²) in [5.74, 6) is 1.83. The summed E-state index contributed by atoms with van der Waals surface area (Å²) in [7, 11) is 0. The van der Waals surface area contributed by atoms with E-state index in [1.165, 1.54) is 12.2 Å². The van der Waals surface area contributed by atoms with Gasteiger partial charge >= 0.3 is 0 Å². The molecule has 0 aliphatic rings. The molecule has 1 atom stereocenters. The zero-order valence-electron chi connectivity index (χ0n) is 11.0. The smallest absolute Gasteiger partial charge is 0.236 e. The maximum atomic E-state index is 11.6. The average Bonchev–Trinajstić information content (AvgIpc) is 2.25. The van der Waals surface area contributed by atoms with Crippen LogP contribution in [0, 0.1) is 5.92 Å². The molecule has 0 saturated carbocycles. The summed E-state index contributed by atoms with van der Waals surface area (Å²) in [6.45, 7) is 7.81. The van der Waals surface area contributed by atoms with Crippen molar-refractivity contribution in [2.45, 2.75) is 39.7 Å². The number of unbranched alkanes of at least 4 members (excludes halogenated alkanes) is 1. The molecule has 2 N–H and O–H groups in total. The highest BCUT2D eigenvalue weighted by Crippen LogP contribution is 1.98. The third kappa shape index (κ3) is 9.04. The minimum Gasteiger partial charge on any atom is -0.354 e. The number of hydrogen-bond acceptors (Lipinski definition) is 3. The summed E-state index contributed by atoms with van der Waals surface area (Å²) in [4.78, 5) is 11.6. The average molecular weight is 246 g/mol. The van der Waals surface area contributed by atoms with Crippen LogP contribution in [-0.2, 0) is 4.79 Å². The van der Waals surface area contributed by atoms with E-state index in [0.717, 1.165) is 19.5 Å². The Kier molecular flexibility index (Phi) is 9.83. The van der Waals surface area contributed by atoms with Crippen molar-refractivity contribution < 1.29 is 4.79 Å². The van der Waals surface area contributed by atoms with Crippen LogP contribution in [0.4, 0.5) is 0 Å². The Balaban J connectivity index is 3.47. The monoisotopic (exact) mass is 246 g/mol. The van der Waals surface area contributed by atoms with Crippen LogP contribution >= 0.6 is 11.8 Å². The molecule has 0 aromatic heterocycles. The number of thioether (sulfide) groups is 1. The molecule has 1 unspecified atom stereocenters. The van der Waals surface area contributed by atoms with Crippen LogP contribution in [0.1, 0.15) is 33.6 Å². The first kappa shape index (κ1) is 15.8. The summed E-state index contributed by atoms with van der Waals surface area (Å²) in [5, 5.41) is 6.17. The number of nitrogens with one attached hydrogen (secondary N) is 2. The Hall–Kier alpha value is -0.220. The quantitative estimate of drug-likeness (QED) is 0.610. The molecule has 0 bridgehead atoms. The molecule has 0 aliphatic carbocycles. The Bertz CT molecular complexity index is 186. The summed E-state index contributed by atoms with van der Waals surface area (Å²) in [5.41, 5.74) is 0. The molecule has 0 heterocycles. The lowest BCUT2D eigenvalue weighted by molar-refractivity contribution is -0.122. The first-order valence-electron chi connectivity index (χ1n) is 6.08. The fourth-order valence-electron chi connectivity index (χ4n) is 1.24. The Labute approximate surface area is 104 Å². The zero-order valence-corrected chi connectivity index (χ0v) is 11.8. The lowest BCUT2D eigenvalue weighted by Gasteiger charge is -2.14. The molecule has 1 amide bonds. The van der Waals surface area contributed by atoms with Gasteiger partial charge in [-0.05, 0) is 44.2 Å². The molecule has 0 aliphatic heterocycles. The number of carbonyl (C=O) groups is 1. The third-order valence-corrected chi connectivity index (χ3v) is 3.00. The first-order chi connectivity index (χ1) is 7.57. The number of hydrogen-bond donors (Lipinski definition) is 2. The Morgan fingerprint density at radius 1 is 1.25 bits per heavy atom. The van der Waals surface area contributed by atoms with Crippen molar-refractivity contribution in [3.63, 3.8) is 0 Å². The first-order valence-corrected chi connectivity index (χ1v) is 7.47. The summed E-state index contributed by atoms with van der Waals surface area (Å²) >= 11 is 1.87. The van der Waals surface area contributed by atoms with Crippen molar-refractivity contribution in [1.82, 2.24) is 10.6 Å². The minimum absolute atomic E-state index is 0.0759. The highest BCUT2D eigenvalue weighted by Gasteiger charge is 2.11. The maximum absolute atomic E-state index is 11.6. The van der Waals surface area contributed by atoms with Crippen molar-refractivity contribution in [1.29, 1.82) is 0 Å².